The van der Waals surface area contributed by atoms with Crippen molar-refractivity contribution in [2.75, 3.05) is 18.4 Å². The molecule has 1 saturated heterocycles. The van der Waals surface area contributed by atoms with Gasteiger partial charge in [-0.15, -0.1) is 5.10 Å². The Morgan fingerprint density at radius 1 is 1.15 bits per heavy atom. The molecule has 1 aliphatic rings. The monoisotopic (exact) mass is 559 g/mol. The summed E-state index contributed by atoms with van der Waals surface area (Å²) in [5.41, 5.74) is 4.58. The first-order valence-electron chi connectivity index (χ1n) is 13.0. The maximum absolute atomic E-state index is 13.6. The summed E-state index contributed by atoms with van der Waals surface area (Å²) < 4.78 is 30.3. The Morgan fingerprint density at radius 2 is 1.90 bits per heavy atom. The smallest absolute Gasteiger partial charge is 0.264 e. The van der Waals surface area contributed by atoms with E-state index in [0.29, 0.717) is 18.5 Å². The molecule has 2 aromatic carbocycles. The van der Waals surface area contributed by atoms with E-state index >= 15 is 0 Å². The van der Waals surface area contributed by atoms with Crippen molar-refractivity contribution < 1.29 is 8.42 Å². The summed E-state index contributed by atoms with van der Waals surface area (Å²) >= 11 is 0. The van der Waals surface area contributed by atoms with E-state index in [2.05, 4.69) is 34.6 Å². The number of hydrogen-bond donors (Lipinski definition) is 2. The molecule has 2 atom stereocenters. The van der Waals surface area contributed by atoms with Crippen molar-refractivity contribution in [3.8, 4) is 0 Å². The average Bonchev–Trinajstić information content (AvgIpc) is 3.51. The van der Waals surface area contributed by atoms with Crippen LogP contribution in [0.2, 0.25) is 0 Å². The molecular formula is C29H33N7O3S. The number of nitrogens with zero attached hydrogens (tertiary/aromatic N) is 5. The van der Waals surface area contributed by atoms with Gasteiger partial charge in [-0.05, 0) is 54.2 Å². The van der Waals surface area contributed by atoms with Crippen LogP contribution < -0.4 is 10.9 Å². The van der Waals surface area contributed by atoms with Gasteiger partial charge in [-0.25, -0.2) is 8.42 Å². The van der Waals surface area contributed by atoms with Crippen LogP contribution in [0.4, 0.5) is 11.4 Å². The average molecular weight is 560 g/mol. The van der Waals surface area contributed by atoms with Crippen LogP contribution in [0.3, 0.4) is 0 Å². The van der Waals surface area contributed by atoms with Crippen molar-refractivity contribution in [3.63, 3.8) is 0 Å². The Kier molecular flexibility index (Phi) is 7.19. The van der Waals surface area contributed by atoms with Gasteiger partial charge >= 0.3 is 0 Å². The number of hydrogen-bond acceptors (Lipinski definition) is 7. The van der Waals surface area contributed by atoms with Crippen molar-refractivity contribution in [2.24, 2.45) is 20.0 Å². The minimum atomic E-state index is -3.85. The van der Waals surface area contributed by atoms with E-state index < -0.39 is 15.4 Å². The maximum atomic E-state index is 13.6. The minimum absolute atomic E-state index is 0.0288. The standard InChI is InChI=1S/C29H33N7O3S/c1-20-12-26(32-24-10-11-28(37)34(3)18-24)23(15-30)13-25(20)29(14-22-8-6-5-7-9-22)19-36(17-21(29)2)40(38,39)27-16-31-35(4)33-27/h5-13,15-16,18,21,30,32H,14,17,19H2,1-4H3. The van der Waals surface area contributed by atoms with Crippen LogP contribution in [-0.4, -0.2) is 51.6 Å². The molecule has 10 nitrogen and oxygen atoms in total. The third-order valence-corrected chi connectivity index (χ3v) is 9.55. The number of pyridine rings is 1. The molecular weight excluding hydrogens is 526 g/mol. The van der Waals surface area contributed by atoms with Gasteiger partial charge in [-0.2, -0.15) is 14.2 Å². The lowest BCUT2D eigenvalue weighted by Crippen LogP contribution is -2.39. The van der Waals surface area contributed by atoms with Crippen molar-refractivity contribution >= 4 is 27.6 Å². The highest BCUT2D eigenvalue weighted by molar-refractivity contribution is 7.89. The third kappa shape index (κ3) is 4.98. The van der Waals surface area contributed by atoms with Crippen molar-refractivity contribution in [2.45, 2.75) is 30.7 Å². The number of rotatable bonds is 8. The lowest BCUT2D eigenvalue weighted by atomic mass is 9.67. The SMILES string of the molecule is Cc1cc(Nc2ccc(=O)n(C)c2)c(C=N)cc1C1(Cc2ccccc2)CN(S(=O)(=O)c2cnn(C)n2)CC1C. The van der Waals surface area contributed by atoms with E-state index in [1.165, 1.54) is 32.1 Å². The number of nitrogens with one attached hydrogen (secondary N) is 2. The molecule has 0 saturated carbocycles. The quantitative estimate of drug-likeness (QED) is 0.319. The van der Waals surface area contributed by atoms with E-state index in [0.717, 1.165) is 28.1 Å². The van der Waals surface area contributed by atoms with E-state index in [1.807, 2.05) is 37.3 Å². The fraction of sp³-hybridized carbons (Fsp3) is 0.310. The second-order valence-electron chi connectivity index (χ2n) is 10.6. The number of aromatic nitrogens is 4. The van der Waals surface area contributed by atoms with E-state index in [-0.39, 0.29) is 23.0 Å². The number of sulfonamides is 1. The van der Waals surface area contributed by atoms with Crippen molar-refractivity contribution in [1.82, 2.24) is 23.9 Å². The molecule has 40 heavy (non-hydrogen) atoms. The molecule has 2 N–H and O–H groups in total. The van der Waals surface area contributed by atoms with Gasteiger partial charge in [-0.3, -0.25) is 4.79 Å². The van der Waals surface area contributed by atoms with E-state index in [4.69, 9.17) is 5.41 Å². The van der Waals surface area contributed by atoms with Gasteiger partial charge in [0.05, 0.1) is 11.9 Å². The van der Waals surface area contributed by atoms with Crippen LogP contribution in [0.5, 0.6) is 0 Å². The van der Waals surface area contributed by atoms with Crippen LogP contribution in [0, 0.1) is 18.3 Å². The summed E-state index contributed by atoms with van der Waals surface area (Å²) in [5, 5.41) is 19.5. The van der Waals surface area contributed by atoms with Crippen LogP contribution in [0.25, 0.3) is 0 Å². The summed E-state index contributed by atoms with van der Waals surface area (Å²) in [7, 11) is -0.568. The molecule has 0 spiro atoms. The van der Waals surface area contributed by atoms with Crippen LogP contribution in [0.15, 0.2) is 76.8 Å². The predicted molar refractivity (Wildman–Crippen MR) is 155 cm³/mol. The summed E-state index contributed by atoms with van der Waals surface area (Å²) in [6.07, 6.45) is 4.93. The lowest BCUT2D eigenvalue weighted by molar-refractivity contribution is 0.357. The van der Waals surface area contributed by atoms with Crippen molar-refractivity contribution in [3.05, 3.63) is 99.6 Å². The molecule has 0 radical (unpaired) electrons. The fourth-order valence-corrected chi connectivity index (χ4v) is 7.21. The van der Waals surface area contributed by atoms with Gasteiger partial charge in [0.25, 0.3) is 10.0 Å². The largest absolute Gasteiger partial charge is 0.354 e. The highest BCUT2D eigenvalue weighted by Crippen LogP contribution is 2.46. The Morgan fingerprint density at radius 3 is 2.55 bits per heavy atom. The van der Waals surface area contributed by atoms with Crippen LogP contribution in [-0.2, 0) is 36.0 Å². The van der Waals surface area contributed by atoms with Gasteiger partial charge in [0, 0.05) is 62.3 Å². The number of anilines is 2. The molecule has 5 rings (SSSR count). The van der Waals surface area contributed by atoms with Gasteiger partial charge in [0.1, 0.15) is 0 Å². The first kappa shape index (κ1) is 27.5. The first-order chi connectivity index (χ1) is 19.0. The zero-order valence-corrected chi connectivity index (χ0v) is 23.8. The van der Waals surface area contributed by atoms with E-state index in [9.17, 15) is 13.2 Å². The third-order valence-electron chi connectivity index (χ3n) is 7.88. The van der Waals surface area contributed by atoms with Gasteiger partial charge in [0.15, 0.2) is 0 Å². The predicted octanol–water partition coefficient (Wildman–Crippen LogP) is 3.38. The van der Waals surface area contributed by atoms with Crippen LogP contribution >= 0.6 is 0 Å². The molecule has 2 aromatic heterocycles. The normalized spacial score (nSPS) is 19.6. The number of aryl methyl sites for hydroxylation is 3. The minimum Gasteiger partial charge on any atom is -0.354 e. The Labute approximate surface area is 233 Å². The molecule has 0 aliphatic carbocycles. The van der Waals surface area contributed by atoms with Gasteiger partial charge < -0.3 is 15.3 Å². The van der Waals surface area contributed by atoms with Gasteiger partial charge in [0.2, 0.25) is 10.6 Å². The zero-order chi connectivity index (χ0) is 28.7. The molecule has 1 fully saturated rings. The molecule has 0 amide bonds. The fourth-order valence-electron chi connectivity index (χ4n) is 5.72. The van der Waals surface area contributed by atoms with Crippen molar-refractivity contribution in [1.29, 1.82) is 5.41 Å². The molecule has 4 aromatic rings. The Balaban J connectivity index is 1.60. The molecule has 0 bridgehead atoms. The second-order valence-corrected chi connectivity index (χ2v) is 12.5. The topological polar surface area (TPSA) is 126 Å². The summed E-state index contributed by atoms with van der Waals surface area (Å²) in [6.45, 7) is 4.72. The first-order valence-corrected chi connectivity index (χ1v) is 14.5. The molecule has 208 valence electrons. The molecule has 3 heterocycles. The lowest BCUT2D eigenvalue weighted by Gasteiger charge is -2.36. The molecule has 1 aliphatic heterocycles. The Bertz CT molecular complexity index is 1730. The second kappa shape index (κ2) is 10.5. The summed E-state index contributed by atoms with van der Waals surface area (Å²) in [6, 6.07) is 17.3. The summed E-state index contributed by atoms with van der Waals surface area (Å²) in [4.78, 5) is 13.1. The van der Waals surface area contributed by atoms with E-state index in [1.54, 1.807) is 26.4 Å². The Hall–Kier alpha value is -4.09. The van der Waals surface area contributed by atoms with Gasteiger partial charge in [-0.1, -0.05) is 37.3 Å². The summed E-state index contributed by atoms with van der Waals surface area (Å²) in [5.74, 6) is -0.0288. The maximum Gasteiger partial charge on any atom is 0.264 e. The molecule has 2 unspecified atom stereocenters. The molecule has 11 heteroatoms. The zero-order valence-electron chi connectivity index (χ0n) is 23.0. The highest BCUT2D eigenvalue weighted by Gasteiger charge is 2.50. The van der Waals surface area contributed by atoms with Crippen LogP contribution in [0.1, 0.15) is 29.2 Å². The highest BCUT2D eigenvalue weighted by atomic mass is 32.2. The number of benzene rings is 2.